The molecule has 2 fully saturated rings. The fourth-order valence-electron chi connectivity index (χ4n) is 4.75. The predicted molar refractivity (Wildman–Crippen MR) is 124 cm³/mol. The summed E-state index contributed by atoms with van der Waals surface area (Å²) in [7, 11) is 0. The minimum Gasteiger partial charge on any atom is -0.369 e. The molecule has 1 unspecified atom stereocenters. The first-order chi connectivity index (χ1) is 15.6. The smallest absolute Gasteiger partial charge is 0.237 e. The van der Waals surface area contributed by atoms with Crippen LogP contribution in [0.1, 0.15) is 57.7 Å². The van der Waals surface area contributed by atoms with Gasteiger partial charge < -0.3 is 15.0 Å². The van der Waals surface area contributed by atoms with Gasteiger partial charge in [0.15, 0.2) is 0 Å². The molecule has 1 saturated carbocycles. The van der Waals surface area contributed by atoms with Crippen molar-refractivity contribution in [3.8, 4) is 0 Å². The summed E-state index contributed by atoms with van der Waals surface area (Å²) >= 11 is 0. The molecule has 8 heteroatoms. The SMILES string of the molecule is CC(C)N(C(=O)CN1CCOC(c2cccc(Nc3ncccn3)n2)C1)C1CCCCC1. The molecule has 0 radical (unpaired) electrons. The molecule has 0 aromatic carbocycles. The second kappa shape index (κ2) is 10.8. The molecule has 4 rings (SSSR count). The highest BCUT2D eigenvalue weighted by atomic mass is 16.5. The van der Waals surface area contributed by atoms with Gasteiger partial charge >= 0.3 is 0 Å². The fourth-order valence-corrected chi connectivity index (χ4v) is 4.75. The molecule has 32 heavy (non-hydrogen) atoms. The third kappa shape index (κ3) is 5.81. The Labute approximate surface area is 190 Å². The zero-order valence-electron chi connectivity index (χ0n) is 19.1. The fraction of sp³-hybridized carbons (Fsp3) is 0.583. The van der Waals surface area contributed by atoms with Crippen molar-refractivity contribution in [2.24, 2.45) is 0 Å². The zero-order chi connectivity index (χ0) is 22.3. The van der Waals surface area contributed by atoms with E-state index in [0.717, 1.165) is 25.1 Å². The van der Waals surface area contributed by atoms with Gasteiger partial charge in [-0.15, -0.1) is 0 Å². The Morgan fingerprint density at radius 3 is 2.72 bits per heavy atom. The quantitative estimate of drug-likeness (QED) is 0.708. The lowest BCUT2D eigenvalue weighted by Crippen LogP contribution is -2.51. The number of morpholine rings is 1. The van der Waals surface area contributed by atoms with E-state index in [0.29, 0.717) is 37.5 Å². The number of aromatic nitrogens is 3. The summed E-state index contributed by atoms with van der Waals surface area (Å²) < 4.78 is 6.02. The van der Waals surface area contributed by atoms with Crippen LogP contribution in [0.25, 0.3) is 0 Å². The maximum Gasteiger partial charge on any atom is 0.237 e. The summed E-state index contributed by atoms with van der Waals surface area (Å²) in [6, 6.07) is 8.19. The third-order valence-corrected chi connectivity index (χ3v) is 6.23. The molecule has 172 valence electrons. The van der Waals surface area contributed by atoms with E-state index in [4.69, 9.17) is 9.72 Å². The number of amides is 1. The Morgan fingerprint density at radius 2 is 1.97 bits per heavy atom. The van der Waals surface area contributed by atoms with Gasteiger partial charge in [0.05, 0.1) is 18.8 Å². The second-order valence-corrected chi connectivity index (χ2v) is 8.93. The van der Waals surface area contributed by atoms with Gasteiger partial charge in [-0.3, -0.25) is 9.69 Å². The number of nitrogens with one attached hydrogen (secondary N) is 1. The highest BCUT2D eigenvalue weighted by Crippen LogP contribution is 2.26. The third-order valence-electron chi connectivity index (χ3n) is 6.23. The van der Waals surface area contributed by atoms with Gasteiger partial charge in [-0.25, -0.2) is 15.0 Å². The molecule has 1 saturated heterocycles. The van der Waals surface area contributed by atoms with Crippen LogP contribution >= 0.6 is 0 Å². The van der Waals surface area contributed by atoms with E-state index in [-0.39, 0.29) is 18.1 Å². The van der Waals surface area contributed by atoms with Crippen molar-refractivity contribution in [1.82, 2.24) is 24.8 Å². The Hall–Kier alpha value is -2.58. The Kier molecular flexibility index (Phi) is 7.65. The molecule has 0 spiro atoms. The first-order valence-electron chi connectivity index (χ1n) is 11.8. The molecule has 1 aliphatic heterocycles. The van der Waals surface area contributed by atoms with Crippen molar-refractivity contribution in [2.75, 3.05) is 31.6 Å². The normalized spacial score (nSPS) is 20.3. The average molecular weight is 439 g/mol. The molecule has 1 aliphatic carbocycles. The summed E-state index contributed by atoms with van der Waals surface area (Å²) in [6.45, 7) is 6.70. The van der Waals surface area contributed by atoms with E-state index in [1.54, 1.807) is 18.5 Å². The molecule has 1 N–H and O–H groups in total. The lowest BCUT2D eigenvalue weighted by molar-refractivity contribution is -0.139. The Morgan fingerprint density at radius 1 is 1.19 bits per heavy atom. The van der Waals surface area contributed by atoms with E-state index in [1.165, 1.54) is 19.3 Å². The van der Waals surface area contributed by atoms with Gasteiger partial charge in [-0.05, 0) is 44.9 Å². The largest absolute Gasteiger partial charge is 0.369 e. The van der Waals surface area contributed by atoms with E-state index in [9.17, 15) is 4.79 Å². The molecule has 2 aliphatic rings. The number of carbonyl (C=O) groups excluding carboxylic acids is 1. The van der Waals surface area contributed by atoms with Crippen LogP contribution < -0.4 is 5.32 Å². The molecule has 1 amide bonds. The average Bonchev–Trinajstić information content (AvgIpc) is 2.81. The van der Waals surface area contributed by atoms with Gasteiger partial charge in [-0.1, -0.05) is 25.3 Å². The zero-order valence-corrected chi connectivity index (χ0v) is 19.1. The summed E-state index contributed by atoms with van der Waals surface area (Å²) in [5, 5.41) is 3.13. The van der Waals surface area contributed by atoms with Crippen molar-refractivity contribution >= 4 is 17.7 Å². The molecular formula is C24H34N6O2. The van der Waals surface area contributed by atoms with Crippen LogP contribution in [0.5, 0.6) is 0 Å². The predicted octanol–water partition coefficient (Wildman–Crippen LogP) is 3.56. The van der Waals surface area contributed by atoms with E-state index in [2.05, 4.69) is 38.9 Å². The number of rotatable bonds is 7. The monoisotopic (exact) mass is 438 g/mol. The highest BCUT2D eigenvalue weighted by Gasteiger charge is 2.31. The van der Waals surface area contributed by atoms with Crippen molar-refractivity contribution in [3.63, 3.8) is 0 Å². The number of hydrogen-bond donors (Lipinski definition) is 1. The van der Waals surface area contributed by atoms with E-state index >= 15 is 0 Å². The maximum absolute atomic E-state index is 13.3. The molecule has 2 aromatic heterocycles. The number of ether oxygens (including phenoxy) is 1. The Balaban J connectivity index is 1.38. The lowest BCUT2D eigenvalue weighted by Gasteiger charge is -2.39. The molecule has 8 nitrogen and oxygen atoms in total. The van der Waals surface area contributed by atoms with Crippen molar-refractivity contribution in [3.05, 3.63) is 42.4 Å². The van der Waals surface area contributed by atoms with Crippen LogP contribution in [-0.4, -0.2) is 69.0 Å². The lowest BCUT2D eigenvalue weighted by atomic mass is 9.93. The van der Waals surface area contributed by atoms with E-state index < -0.39 is 0 Å². The van der Waals surface area contributed by atoms with Crippen LogP contribution in [0.2, 0.25) is 0 Å². The number of carbonyl (C=O) groups is 1. The standard InChI is InChI=1S/C24H34N6O2/c1-18(2)30(19-8-4-3-5-9-19)23(31)17-29-14-15-32-21(16-29)20-10-6-11-22(27-20)28-24-25-12-7-13-26-24/h6-7,10-13,18-19,21H,3-5,8-9,14-17H2,1-2H3,(H,25,26,27,28). The first-order valence-corrected chi connectivity index (χ1v) is 11.8. The first kappa shape index (κ1) is 22.6. The summed E-state index contributed by atoms with van der Waals surface area (Å²) in [5.74, 6) is 1.41. The van der Waals surface area contributed by atoms with Gasteiger partial charge in [0, 0.05) is 37.6 Å². The Bertz CT molecular complexity index is 872. The number of anilines is 2. The molecule has 1 atom stereocenters. The number of hydrogen-bond acceptors (Lipinski definition) is 7. The summed E-state index contributed by atoms with van der Waals surface area (Å²) in [6.07, 6.45) is 9.21. The number of nitrogens with zero attached hydrogens (tertiary/aromatic N) is 5. The van der Waals surface area contributed by atoms with Gasteiger partial charge in [-0.2, -0.15) is 0 Å². The van der Waals surface area contributed by atoms with E-state index in [1.807, 2.05) is 18.2 Å². The molecule has 2 aromatic rings. The van der Waals surface area contributed by atoms with Crippen molar-refractivity contribution in [1.29, 1.82) is 0 Å². The summed E-state index contributed by atoms with van der Waals surface area (Å²) in [4.78, 5) is 30.7. The molecule has 3 heterocycles. The van der Waals surface area contributed by atoms with Gasteiger partial charge in [0.1, 0.15) is 11.9 Å². The van der Waals surface area contributed by atoms with Crippen LogP contribution in [0.4, 0.5) is 11.8 Å². The minimum atomic E-state index is -0.169. The molecular weight excluding hydrogens is 404 g/mol. The topological polar surface area (TPSA) is 83.5 Å². The molecule has 0 bridgehead atoms. The van der Waals surface area contributed by atoms with Crippen LogP contribution in [0.3, 0.4) is 0 Å². The number of pyridine rings is 1. The van der Waals surface area contributed by atoms with Gasteiger partial charge in [0.2, 0.25) is 11.9 Å². The van der Waals surface area contributed by atoms with Crippen molar-refractivity contribution < 1.29 is 9.53 Å². The highest BCUT2D eigenvalue weighted by molar-refractivity contribution is 5.79. The van der Waals surface area contributed by atoms with Crippen molar-refractivity contribution in [2.45, 2.75) is 64.1 Å². The van der Waals surface area contributed by atoms with Crippen LogP contribution in [0, 0.1) is 0 Å². The van der Waals surface area contributed by atoms with Crippen LogP contribution in [-0.2, 0) is 9.53 Å². The van der Waals surface area contributed by atoms with Crippen LogP contribution in [0.15, 0.2) is 36.7 Å². The second-order valence-electron chi connectivity index (χ2n) is 8.93. The van der Waals surface area contributed by atoms with Gasteiger partial charge in [0.25, 0.3) is 0 Å². The summed E-state index contributed by atoms with van der Waals surface area (Å²) in [5.41, 5.74) is 0.844. The minimum absolute atomic E-state index is 0.169. The maximum atomic E-state index is 13.3.